The van der Waals surface area contributed by atoms with Crippen LogP contribution in [0, 0.1) is 0 Å². The number of amides is 2. The van der Waals surface area contributed by atoms with Crippen LogP contribution in [0.3, 0.4) is 0 Å². The van der Waals surface area contributed by atoms with E-state index in [-0.39, 0.29) is 11.8 Å². The number of hydrogen-bond acceptors (Lipinski definition) is 6. The quantitative estimate of drug-likeness (QED) is 0.362. The number of piperidine rings is 1. The first-order valence-electron chi connectivity index (χ1n) is 10.8. The smallest absolute Gasteiger partial charge is 0.338 e. The molecule has 4 rings (SSSR count). The third-order valence-electron chi connectivity index (χ3n) is 5.57. The molecule has 0 aliphatic carbocycles. The monoisotopic (exact) mass is 438 g/mol. The number of carbonyl (C=O) groups is 3. The van der Waals surface area contributed by atoms with Crippen molar-refractivity contribution >= 4 is 40.4 Å². The van der Waals surface area contributed by atoms with E-state index >= 15 is 0 Å². The molecule has 0 spiro atoms. The summed E-state index contributed by atoms with van der Waals surface area (Å²) >= 11 is 1.45. The minimum Gasteiger partial charge on any atom is -0.462 e. The Hall–Kier alpha value is -2.93. The van der Waals surface area contributed by atoms with Crippen molar-refractivity contribution in [2.45, 2.75) is 39.0 Å². The minimum atomic E-state index is -0.447. The highest BCUT2D eigenvalue weighted by atomic mass is 32.1. The van der Waals surface area contributed by atoms with Crippen molar-refractivity contribution in [2.24, 2.45) is 0 Å². The van der Waals surface area contributed by atoms with Gasteiger partial charge in [-0.2, -0.15) is 0 Å². The zero-order valence-corrected chi connectivity index (χ0v) is 18.5. The molecule has 1 saturated heterocycles. The molecule has 0 N–H and O–H groups in total. The lowest BCUT2D eigenvalue weighted by Crippen LogP contribution is -2.37. The normalized spacial score (nSPS) is 16.9. The van der Waals surface area contributed by atoms with Gasteiger partial charge in [0.25, 0.3) is 11.8 Å². The number of thiophene rings is 1. The Labute approximate surface area is 186 Å². The molecule has 1 aromatic carbocycles. The van der Waals surface area contributed by atoms with Crippen molar-refractivity contribution in [3.05, 3.63) is 57.9 Å². The summed E-state index contributed by atoms with van der Waals surface area (Å²) < 4.78 is 5.29. The number of rotatable bonds is 7. The maximum atomic E-state index is 13.5. The largest absolute Gasteiger partial charge is 0.462 e. The van der Waals surface area contributed by atoms with Crippen molar-refractivity contribution in [3.8, 4) is 0 Å². The molecule has 2 aromatic rings. The summed E-state index contributed by atoms with van der Waals surface area (Å²) in [6, 6.07) is 10.3. The number of nitrogens with zero attached hydrogens (tertiary/aromatic N) is 2. The average molecular weight is 439 g/mol. The maximum Gasteiger partial charge on any atom is 0.338 e. The van der Waals surface area contributed by atoms with Crippen LogP contribution >= 0.6 is 11.3 Å². The first-order chi connectivity index (χ1) is 15.1. The molecule has 1 aromatic heterocycles. The summed E-state index contributed by atoms with van der Waals surface area (Å²) in [5, 5.41) is 1.91. The number of unbranched alkanes of at least 4 members (excludes halogenated alkanes) is 1. The van der Waals surface area contributed by atoms with E-state index < -0.39 is 5.97 Å². The molecule has 31 heavy (non-hydrogen) atoms. The van der Waals surface area contributed by atoms with Crippen LogP contribution < -0.4 is 4.90 Å². The van der Waals surface area contributed by atoms with Crippen LogP contribution in [0.5, 0.6) is 0 Å². The molecule has 0 unspecified atom stereocenters. The van der Waals surface area contributed by atoms with Crippen molar-refractivity contribution in [2.75, 3.05) is 24.6 Å². The Kier molecular flexibility index (Phi) is 6.51. The number of likely N-dealkylation sites (tertiary alicyclic amines) is 1. The van der Waals surface area contributed by atoms with Crippen LogP contribution in [0.15, 0.2) is 47.5 Å². The third-order valence-corrected chi connectivity index (χ3v) is 6.46. The van der Waals surface area contributed by atoms with Gasteiger partial charge >= 0.3 is 5.97 Å². The first kappa shape index (κ1) is 21.3. The van der Waals surface area contributed by atoms with Crippen molar-refractivity contribution < 1.29 is 19.1 Å². The van der Waals surface area contributed by atoms with E-state index in [1.54, 1.807) is 24.3 Å². The van der Waals surface area contributed by atoms with Gasteiger partial charge in [-0.3, -0.25) is 9.59 Å². The van der Waals surface area contributed by atoms with E-state index in [1.807, 2.05) is 29.3 Å². The number of anilines is 1. The van der Waals surface area contributed by atoms with Gasteiger partial charge in [-0.1, -0.05) is 25.5 Å². The van der Waals surface area contributed by atoms with Gasteiger partial charge in [0, 0.05) is 18.0 Å². The Morgan fingerprint density at radius 1 is 1.06 bits per heavy atom. The molecule has 1 fully saturated rings. The number of imide groups is 1. The lowest BCUT2D eigenvalue weighted by molar-refractivity contribution is -0.120. The molecule has 2 aliphatic heterocycles. The predicted octanol–water partition coefficient (Wildman–Crippen LogP) is 4.48. The molecular formula is C24H26N2O4S. The first-order valence-corrected chi connectivity index (χ1v) is 11.7. The molecule has 6 nitrogen and oxygen atoms in total. The zero-order chi connectivity index (χ0) is 21.8. The molecular weight excluding hydrogens is 412 g/mol. The fourth-order valence-electron chi connectivity index (χ4n) is 3.97. The second-order valence-corrected chi connectivity index (χ2v) is 8.68. The standard InChI is InChI=1S/C24H26N2O4S/c1-2-3-14-30-24(29)17-9-7-10-18(16-17)26-22(27)20(19-11-8-15-31-19)21(23(26)28)25-12-5-4-6-13-25/h7-11,15-16H,2-6,12-14H2,1H3. The van der Waals surface area contributed by atoms with Gasteiger partial charge < -0.3 is 9.64 Å². The summed E-state index contributed by atoms with van der Waals surface area (Å²) in [5.41, 5.74) is 1.65. The minimum absolute atomic E-state index is 0.327. The van der Waals surface area contributed by atoms with Gasteiger partial charge in [0.1, 0.15) is 5.70 Å². The lowest BCUT2D eigenvalue weighted by atomic mass is 10.1. The van der Waals surface area contributed by atoms with Crippen LogP contribution in [-0.4, -0.2) is 42.4 Å². The highest BCUT2D eigenvalue weighted by Gasteiger charge is 2.43. The second-order valence-electron chi connectivity index (χ2n) is 7.73. The molecule has 7 heteroatoms. The number of carbonyl (C=O) groups excluding carboxylic acids is 3. The Balaban J connectivity index is 1.66. The van der Waals surface area contributed by atoms with Crippen molar-refractivity contribution in [1.82, 2.24) is 4.90 Å². The van der Waals surface area contributed by atoms with Gasteiger partial charge in [-0.15, -0.1) is 11.3 Å². The van der Waals surface area contributed by atoms with Crippen LogP contribution in [-0.2, 0) is 14.3 Å². The van der Waals surface area contributed by atoms with E-state index in [4.69, 9.17) is 4.74 Å². The Morgan fingerprint density at radius 3 is 2.58 bits per heavy atom. The van der Waals surface area contributed by atoms with Gasteiger partial charge in [0.15, 0.2) is 0 Å². The molecule has 3 heterocycles. The number of benzene rings is 1. The topological polar surface area (TPSA) is 66.9 Å². The van der Waals surface area contributed by atoms with E-state index in [9.17, 15) is 14.4 Å². The third kappa shape index (κ3) is 4.28. The number of ether oxygens (including phenoxy) is 1. The molecule has 0 bridgehead atoms. The zero-order valence-electron chi connectivity index (χ0n) is 17.6. The number of hydrogen-bond donors (Lipinski definition) is 0. The maximum absolute atomic E-state index is 13.5. The second kappa shape index (κ2) is 9.47. The van der Waals surface area contributed by atoms with Gasteiger partial charge in [-0.25, -0.2) is 9.69 Å². The molecule has 0 saturated carbocycles. The summed E-state index contributed by atoms with van der Waals surface area (Å²) in [6.07, 6.45) is 4.86. The summed E-state index contributed by atoms with van der Waals surface area (Å²) in [7, 11) is 0. The lowest BCUT2D eigenvalue weighted by Gasteiger charge is -2.29. The fourth-order valence-corrected chi connectivity index (χ4v) is 4.73. The van der Waals surface area contributed by atoms with E-state index in [0.717, 1.165) is 50.1 Å². The van der Waals surface area contributed by atoms with E-state index in [1.165, 1.54) is 16.2 Å². The molecule has 0 radical (unpaired) electrons. The van der Waals surface area contributed by atoms with Crippen LogP contribution in [0.1, 0.15) is 54.3 Å². The molecule has 2 aliphatic rings. The van der Waals surface area contributed by atoms with E-state index in [0.29, 0.717) is 29.1 Å². The van der Waals surface area contributed by atoms with Crippen molar-refractivity contribution in [1.29, 1.82) is 0 Å². The Morgan fingerprint density at radius 2 is 1.87 bits per heavy atom. The van der Waals surface area contributed by atoms with E-state index in [2.05, 4.69) is 0 Å². The van der Waals surface area contributed by atoms with Crippen LogP contribution in [0.2, 0.25) is 0 Å². The number of esters is 1. The SMILES string of the molecule is CCCCOC(=O)c1cccc(N2C(=O)C(c3cccs3)=C(N3CCCCC3)C2=O)c1. The fraction of sp³-hybridized carbons (Fsp3) is 0.375. The van der Waals surface area contributed by atoms with Gasteiger partial charge in [0.2, 0.25) is 0 Å². The summed E-state index contributed by atoms with van der Waals surface area (Å²) in [5.74, 6) is -1.12. The summed E-state index contributed by atoms with van der Waals surface area (Å²) in [4.78, 5) is 43.4. The predicted molar refractivity (Wildman–Crippen MR) is 121 cm³/mol. The summed E-state index contributed by atoms with van der Waals surface area (Å²) in [6.45, 7) is 3.91. The molecule has 0 atom stereocenters. The van der Waals surface area contributed by atoms with Crippen LogP contribution in [0.4, 0.5) is 5.69 Å². The van der Waals surface area contributed by atoms with Gasteiger partial charge in [0.05, 0.1) is 23.4 Å². The highest BCUT2D eigenvalue weighted by molar-refractivity contribution is 7.11. The van der Waals surface area contributed by atoms with Crippen molar-refractivity contribution in [3.63, 3.8) is 0 Å². The van der Waals surface area contributed by atoms with Gasteiger partial charge in [-0.05, 0) is 55.3 Å². The van der Waals surface area contributed by atoms with Crippen LogP contribution in [0.25, 0.3) is 5.57 Å². The Bertz CT molecular complexity index is 1010. The molecule has 162 valence electrons. The average Bonchev–Trinajstić information content (AvgIpc) is 3.40. The highest BCUT2D eigenvalue weighted by Crippen LogP contribution is 2.37. The molecule has 2 amide bonds.